The van der Waals surface area contributed by atoms with E-state index in [1.165, 1.54) is 44.7 Å². The molecule has 1 heterocycles. The third-order valence-electron chi connectivity index (χ3n) is 15.2. The number of carbonyl (C=O) groups is 2. The highest BCUT2D eigenvalue weighted by Crippen LogP contribution is 2.73. The fourth-order valence-electron chi connectivity index (χ4n) is 12.8. The lowest BCUT2D eigenvalue weighted by Crippen LogP contribution is -2.63. The van der Waals surface area contributed by atoms with Crippen LogP contribution in [0.4, 0.5) is 0 Å². The van der Waals surface area contributed by atoms with Crippen molar-refractivity contribution >= 4 is 11.8 Å². The van der Waals surface area contributed by atoms with Crippen LogP contribution in [0.3, 0.4) is 0 Å². The molecule has 7 heteroatoms. The monoisotopic (exact) mass is 664 g/mol. The largest absolute Gasteiger partial charge is 0.393 e. The van der Waals surface area contributed by atoms with E-state index < -0.39 is 0 Å². The van der Waals surface area contributed by atoms with E-state index in [-0.39, 0.29) is 35.3 Å². The zero-order chi connectivity index (χ0) is 34.6. The van der Waals surface area contributed by atoms with Crippen molar-refractivity contribution in [3.8, 4) is 6.07 Å². The number of carbonyl (C=O) groups excluding carboxylic acids is 2. The molecule has 3 N–H and O–H groups in total. The highest BCUT2D eigenvalue weighted by molar-refractivity contribution is 5.94. The lowest BCUT2D eigenvalue weighted by atomic mass is 9.36. The molecule has 0 radical (unpaired) electrons. The third kappa shape index (κ3) is 5.71. The van der Waals surface area contributed by atoms with Crippen molar-refractivity contribution in [3.63, 3.8) is 0 Å². The number of amides is 2. The van der Waals surface area contributed by atoms with Gasteiger partial charge in [-0.15, -0.1) is 0 Å². The van der Waals surface area contributed by atoms with E-state index in [1.54, 1.807) is 12.1 Å². The molecule has 5 saturated carbocycles. The van der Waals surface area contributed by atoms with Gasteiger partial charge >= 0.3 is 0 Å². The van der Waals surface area contributed by atoms with Gasteiger partial charge in [0.2, 0.25) is 5.91 Å². The summed E-state index contributed by atoms with van der Waals surface area (Å²) in [5.41, 5.74) is 3.18. The number of hydrogen-bond donors (Lipinski definition) is 3. The molecule has 9 unspecified atom stereocenters. The van der Waals surface area contributed by atoms with Gasteiger partial charge in [0.15, 0.2) is 0 Å². The minimum absolute atomic E-state index is 0.0188. The number of fused-ring (bicyclic) bond motifs is 7. The van der Waals surface area contributed by atoms with Crippen molar-refractivity contribution in [2.24, 2.45) is 51.2 Å². The first-order chi connectivity index (χ1) is 23.4. The average molecular weight is 665 g/mol. The SMILES string of the molecule is CC1(C)C(O)CCC2(C)C1CCC1(C)C3CCC4(C(=O)NCCc5cccc(C(=O)NCc6ccc(C#N)cn6)c5)CCCC4C3CCC12. The standard InChI is InChI=1S/C42H56N4O3/c1-39(2)34-15-19-40(3)32-14-21-42(18-6-9-33(42)31(32)12-13-35(40)41(34,4)20-16-36(39)47)38(49)44-22-17-27-7-5-8-29(23-27)37(48)46-26-30-11-10-28(24-43)25-45-30/h5,7-8,10-11,23,25,31-36,47H,6,9,12-22,26H2,1-4H3,(H,44,49)(H,46,48). The van der Waals surface area contributed by atoms with Crippen molar-refractivity contribution in [1.82, 2.24) is 15.6 Å². The maximum atomic E-state index is 14.2. The number of aromatic nitrogens is 1. The second kappa shape index (κ2) is 12.8. The van der Waals surface area contributed by atoms with Gasteiger partial charge < -0.3 is 15.7 Å². The van der Waals surface area contributed by atoms with Gasteiger partial charge in [-0.25, -0.2) is 0 Å². The summed E-state index contributed by atoms with van der Waals surface area (Å²) < 4.78 is 0. The van der Waals surface area contributed by atoms with Crippen LogP contribution in [0.25, 0.3) is 0 Å². The van der Waals surface area contributed by atoms with Crippen molar-refractivity contribution in [1.29, 1.82) is 5.26 Å². The number of aliphatic hydroxyl groups is 1. The number of hydrogen-bond acceptors (Lipinski definition) is 5. The van der Waals surface area contributed by atoms with Gasteiger partial charge in [0.25, 0.3) is 5.91 Å². The van der Waals surface area contributed by atoms with E-state index >= 15 is 0 Å². The van der Waals surface area contributed by atoms with E-state index in [4.69, 9.17) is 5.26 Å². The Balaban J connectivity index is 0.974. The van der Waals surface area contributed by atoms with Crippen molar-refractivity contribution < 1.29 is 14.7 Å². The van der Waals surface area contributed by atoms with Crippen LogP contribution in [0.1, 0.15) is 126 Å². The molecule has 7 rings (SSSR count). The summed E-state index contributed by atoms with van der Waals surface area (Å²) in [6, 6.07) is 13.2. The van der Waals surface area contributed by atoms with Crippen LogP contribution in [0.5, 0.6) is 0 Å². The van der Waals surface area contributed by atoms with Gasteiger partial charge in [0, 0.05) is 18.3 Å². The van der Waals surface area contributed by atoms with Crippen LogP contribution in [0.2, 0.25) is 0 Å². The molecule has 2 aromatic rings. The van der Waals surface area contributed by atoms with Crippen LogP contribution in [-0.2, 0) is 17.8 Å². The summed E-state index contributed by atoms with van der Waals surface area (Å²) in [4.78, 5) is 31.3. The number of nitriles is 1. The Bertz CT molecular complexity index is 1610. The lowest BCUT2D eigenvalue weighted by Gasteiger charge is -2.69. The molecule has 1 aromatic heterocycles. The van der Waals surface area contributed by atoms with Crippen molar-refractivity contribution in [3.05, 3.63) is 65.0 Å². The molecule has 9 atom stereocenters. The van der Waals surface area contributed by atoms with Gasteiger partial charge in [-0.2, -0.15) is 5.26 Å². The summed E-state index contributed by atoms with van der Waals surface area (Å²) in [5, 5.41) is 26.3. The summed E-state index contributed by atoms with van der Waals surface area (Å²) >= 11 is 0. The summed E-state index contributed by atoms with van der Waals surface area (Å²) in [6.45, 7) is 10.7. The fourth-order valence-corrected chi connectivity index (χ4v) is 12.8. The van der Waals surface area contributed by atoms with Gasteiger partial charge in [-0.05, 0) is 146 Å². The van der Waals surface area contributed by atoms with Crippen LogP contribution in [0.15, 0.2) is 42.6 Å². The molecule has 0 bridgehead atoms. The van der Waals surface area contributed by atoms with Crippen LogP contribution < -0.4 is 10.6 Å². The zero-order valence-electron chi connectivity index (χ0n) is 30.1. The summed E-state index contributed by atoms with van der Waals surface area (Å²) in [6.07, 6.45) is 14.7. The van der Waals surface area contributed by atoms with E-state index in [0.717, 1.165) is 37.7 Å². The highest BCUT2D eigenvalue weighted by Gasteiger charge is 2.67. The molecule has 262 valence electrons. The maximum Gasteiger partial charge on any atom is 0.251 e. The molecule has 1 aromatic carbocycles. The quantitative estimate of drug-likeness (QED) is 0.286. The zero-order valence-corrected chi connectivity index (χ0v) is 30.1. The maximum absolute atomic E-state index is 14.2. The Kier molecular flexibility index (Phi) is 8.95. The van der Waals surface area contributed by atoms with Crippen LogP contribution in [0, 0.1) is 62.6 Å². The number of aliphatic hydroxyl groups excluding tert-OH is 1. The van der Waals surface area contributed by atoms with E-state index in [1.807, 2.05) is 24.3 Å². The van der Waals surface area contributed by atoms with Crippen molar-refractivity contribution in [2.45, 2.75) is 117 Å². The molecule has 5 fully saturated rings. The normalized spacial score (nSPS) is 37.4. The fraction of sp³-hybridized carbons (Fsp3) is 0.667. The second-order valence-corrected chi connectivity index (χ2v) is 17.6. The number of nitrogens with one attached hydrogen (secondary N) is 2. The third-order valence-corrected chi connectivity index (χ3v) is 15.2. The number of nitrogens with zero attached hydrogens (tertiary/aromatic N) is 2. The van der Waals surface area contributed by atoms with Crippen LogP contribution >= 0.6 is 0 Å². The Hall–Kier alpha value is -3.24. The molecule has 0 spiro atoms. The van der Waals surface area contributed by atoms with Crippen molar-refractivity contribution in [2.75, 3.05) is 6.54 Å². The average Bonchev–Trinajstić information content (AvgIpc) is 3.55. The van der Waals surface area contributed by atoms with Gasteiger partial charge in [0.1, 0.15) is 6.07 Å². The van der Waals surface area contributed by atoms with E-state index in [0.29, 0.717) is 70.2 Å². The number of rotatable bonds is 7. The predicted octanol–water partition coefficient (Wildman–Crippen LogP) is 7.37. The topological polar surface area (TPSA) is 115 Å². The van der Waals surface area contributed by atoms with Crippen LogP contribution in [-0.4, -0.2) is 34.6 Å². The molecule has 49 heavy (non-hydrogen) atoms. The van der Waals surface area contributed by atoms with E-state index in [9.17, 15) is 14.7 Å². The molecule has 0 saturated heterocycles. The molecule has 0 aliphatic heterocycles. The molecule has 2 amide bonds. The first kappa shape index (κ1) is 34.2. The predicted molar refractivity (Wildman–Crippen MR) is 190 cm³/mol. The molecule has 7 nitrogen and oxygen atoms in total. The second-order valence-electron chi connectivity index (χ2n) is 17.6. The number of pyridine rings is 1. The molecule has 5 aliphatic rings. The molecule has 5 aliphatic carbocycles. The minimum atomic E-state index is -0.233. The Morgan fingerprint density at radius 2 is 1.71 bits per heavy atom. The summed E-state index contributed by atoms with van der Waals surface area (Å²) in [7, 11) is 0. The van der Waals surface area contributed by atoms with Gasteiger partial charge in [0.05, 0.1) is 29.3 Å². The van der Waals surface area contributed by atoms with Gasteiger partial charge in [-0.3, -0.25) is 14.6 Å². The number of benzene rings is 1. The first-order valence-corrected chi connectivity index (χ1v) is 19.1. The Morgan fingerprint density at radius 3 is 2.49 bits per heavy atom. The van der Waals surface area contributed by atoms with Gasteiger partial charge in [-0.1, -0.05) is 46.2 Å². The smallest absolute Gasteiger partial charge is 0.251 e. The molecular formula is C42H56N4O3. The molecular weight excluding hydrogens is 608 g/mol. The lowest BCUT2D eigenvalue weighted by molar-refractivity contribution is -0.214. The minimum Gasteiger partial charge on any atom is -0.393 e. The Labute approximate surface area is 293 Å². The Morgan fingerprint density at radius 1 is 0.898 bits per heavy atom. The highest BCUT2D eigenvalue weighted by atomic mass is 16.3. The van der Waals surface area contributed by atoms with E-state index in [2.05, 4.69) is 49.4 Å². The first-order valence-electron chi connectivity index (χ1n) is 19.1. The summed E-state index contributed by atoms with van der Waals surface area (Å²) in [5.74, 6) is 3.21.